The molecule has 4 heteroatoms. The molecular weight excluding hydrogens is 362 g/mol. The molecule has 0 radical (unpaired) electrons. The minimum atomic E-state index is -0.193. The van der Waals surface area contributed by atoms with Gasteiger partial charge in [-0.2, -0.15) is 0 Å². The molecule has 4 aliphatic rings. The van der Waals surface area contributed by atoms with Crippen LogP contribution in [0.15, 0.2) is 18.2 Å². The number of hydrogen-bond acceptors (Lipinski definition) is 1. The molecule has 4 atom stereocenters. The van der Waals surface area contributed by atoms with Crippen molar-refractivity contribution in [1.82, 2.24) is 0 Å². The lowest BCUT2D eigenvalue weighted by Crippen LogP contribution is -2.57. The SMILES string of the molecule is Cc1ccc(NC(=O)C23C[C@@H]4C[C@@H](CC(Br)(C4)C2)C3)c(Cl)c1. The van der Waals surface area contributed by atoms with Crippen molar-refractivity contribution in [2.24, 2.45) is 17.3 Å². The number of hydrogen-bond donors (Lipinski definition) is 1. The summed E-state index contributed by atoms with van der Waals surface area (Å²) in [7, 11) is 0. The average molecular weight is 383 g/mol. The standard InChI is InChI=1S/C18H21BrClNO/c1-11-2-3-15(14(20)4-11)21-16(22)17-6-12-5-13(7-17)9-18(19,8-12)10-17/h2-4,12-13H,5-10H2,1H3,(H,21,22)/t12-,13+,17?,18?. The first-order chi connectivity index (χ1) is 10.4. The van der Waals surface area contributed by atoms with Gasteiger partial charge in [-0.1, -0.05) is 33.6 Å². The highest BCUT2D eigenvalue weighted by Crippen LogP contribution is 2.64. The van der Waals surface area contributed by atoms with Crippen LogP contribution in [0.4, 0.5) is 5.69 Å². The van der Waals surface area contributed by atoms with E-state index in [2.05, 4.69) is 21.2 Å². The van der Waals surface area contributed by atoms with Gasteiger partial charge >= 0.3 is 0 Å². The molecule has 118 valence electrons. The molecule has 4 aliphatic carbocycles. The molecule has 1 aromatic rings. The summed E-state index contributed by atoms with van der Waals surface area (Å²) in [5.74, 6) is 1.59. The Balaban J connectivity index is 1.60. The Labute approximate surface area is 145 Å². The monoisotopic (exact) mass is 381 g/mol. The quantitative estimate of drug-likeness (QED) is 0.689. The Bertz CT molecular complexity index is 630. The fourth-order valence-corrected chi connectivity index (χ4v) is 7.13. The van der Waals surface area contributed by atoms with E-state index in [1.165, 1.54) is 19.3 Å². The molecule has 0 spiro atoms. The van der Waals surface area contributed by atoms with Crippen LogP contribution in [-0.2, 0) is 4.79 Å². The second-order valence-electron chi connectivity index (χ2n) is 7.83. The minimum Gasteiger partial charge on any atom is -0.324 e. The second-order valence-corrected chi connectivity index (χ2v) is 9.92. The van der Waals surface area contributed by atoms with Crippen molar-refractivity contribution in [3.63, 3.8) is 0 Å². The largest absolute Gasteiger partial charge is 0.324 e. The molecule has 1 N–H and O–H groups in total. The Morgan fingerprint density at radius 3 is 2.55 bits per heavy atom. The number of carbonyl (C=O) groups is 1. The van der Waals surface area contributed by atoms with Crippen LogP contribution in [0.2, 0.25) is 5.02 Å². The van der Waals surface area contributed by atoms with Gasteiger partial charge in [-0.05, 0) is 75.0 Å². The Morgan fingerprint density at radius 2 is 1.95 bits per heavy atom. The number of anilines is 1. The van der Waals surface area contributed by atoms with E-state index < -0.39 is 0 Å². The lowest BCUT2D eigenvalue weighted by molar-refractivity contribution is -0.138. The molecule has 4 bridgehead atoms. The smallest absolute Gasteiger partial charge is 0.230 e. The van der Waals surface area contributed by atoms with Crippen LogP contribution in [0.1, 0.15) is 44.1 Å². The van der Waals surface area contributed by atoms with Gasteiger partial charge in [0, 0.05) is 4.32 Å². The summed E-state index contributed by atoms with van der Waals surface area (Å²) in [6.07, 6.45) is 6.86. The van der Waals surface area contributed by atoms with Gasteiger partial charge in [0.2, 0.25) is 5.91 Å². The molecule has 1 aromatic carbocycles. The van der Waals surface area contributed by atoms with Crippen molar-refractivity contribution in [2.75, 3.05) is 5.32 Å². The van der Waals surface area contributed by atoms with Gasteiger partial charge in [-0.25, -0.2) is 0 Å². The molecule has 2 unspecified atom stereocenters. The van der Waals surface area contributed by atoms with Crippen molar-refractivity contribution >= 4 is 39.1 Å². The van der Waals surface area contributed by atoms with Crippen LogP contribution < -0.4 is 5.32 Å². The summed E-state index contributed by atoms with van der Waals surface area (Å²) in [6, 6.07) is 5.82. The van der Waals surface area contributed by atoms with Gasteiger partial charge in [0.05, 0.1) is 16.1 Å². The van der Waals surface area contributed by atoms with E-state index >= 15 is 0 Å². The van der Waals surface area contributed by atoms with Crippen molar-refractivity contribution < 1.29 is 4.79 Å². The van der Waals surface area contributed by atoms with Gasteiger partial charge in [-0.3, -0.25) is 4.79 Å². The van der Waals surface area contributed by atoms with Crippen molar-refractivity contribution in [1.29, 1.82) is 0 Å². The number of aryl methyl sites for hydroxylation is 1. The first-order valence-corrected chi connectivity index (χ1v) is 9.31. The molecule has 0 aromatic heterocycles. The highest BCUT2D eigenvalue weighted by atomic mass is 79.9. The number of nitrogens with one attached hydrogen (secondary N) is 1. The third-order valence-electron chi connectivity index (χ3n) is 5.84. The van der Waals surface area contributed by atoms with Crippen LogP contribution in [0.5, 0.6) is 0 Å². The first kappa shape index (κ1) is 15.0. The molecule has 22 heavy (non-hydrogen) atoms. The van der Waals surface area contributed by atoms with Crippen molar-refractivity contribution in [3.8, 4) is 0 Å². The number of carbonyl (C=O) groups excluding carboxylic acids is 1. The summed E-state index contributed by atoms with van der Waals surface area (Å²) in [5.41, 5.74) is 1.66. The lowest BCUT2D eigenvalue weighted by Gasteiger charge is -2.59. The summed E-state index contributed by atoms with van der Waals surface area (Å²) in [4.78, 5) is 13.1. The topological polar surface area (TPSA) is 29.1 Å². The summed E-state index contributed by atoms with van der Waals surface area (Å²) in [5, 5.41) is 3.75. The predicted molar refractivity (Wildman–Crippen MR) is 93.6 cm³/mol. The van der Waals surface area contributed by atoms with Gasteiger partial charge in [-0.15, -0.1) is 0 Å². The predicted octanol–water partition coefficient (Wildman–Crippen LogP) is 5.32. The van der Waals surface area contributed by atoms with Gasteiger partial charge in [0.25, 0.3) is 0 Å². The number of benzene rings is 1. The number of amides is 1. The van der Waals surface area contributed by atoms with E-state index in [-0.39, 0.29) is 15.6 Å². The molecule has 0 aliphatic heterocycles. The van der Waals surface area contributed by atoms with Crippen LogP contribution in [-0.4, -0.2) is 10.2 Å². The van der Waals surface area contributed by atoms with Crippen molar-refractivity contribution in [2.45, 2.75) is 49.8 Å². The highest BCUT2D eigenvalue weighted by Gasteiger charge is 2.59. The zero-order chi connectivity index (χ0) is 15.5. The number of halogens is 2. The van der Waals surface area contributed by atoms with E-state index in [9.17, 15) is 4.79 Å². The van der Waals surface area contributed by atoms with Gasteiger partial charge < -0.3 is 5.32 Å². The van der Waals surface area contributed by atoms with E-state index in [1.54, 1.807) is 0 Å². The molecule has 0 heterocycles. The highest BCUT2D eigenvalue weighted by molar-refractivity contribution is 9.10. The summed E-state index contributed by atoms with van der Waals surface area (Å²) < 4.78 is 0.200. The van der Waals surface area contributed by atoms with E-state index in [0.29, 0.717) is 16.9 Å². The molecule has 4 saturated carbocycles. The molecule has 0 saturated heterocycles. The van der Waals surface area contributed by atoms with E-state index in [1.807, 2.05) is 25.1 Å². The fraction of sp³-hybridized carbons (Fsp3) is 0.611. The zero-order valence-corrected chi connectivity index (χ0v) is 15.1. The maximum absolute atomic E-state index is 13.1. The van der Waals surface area contributed by atoms with E-state index in [0.717, 1.165) is 30.5 Å². The zero-order valence-electron chi connectivity index (χ0n) is 12.8. The van der Waals surface area contributed by atoms with E-state index in [4.69, 9.17) is 11.6 Å². The molecular formula is C18H21BrClNO. The third-order valence-corrected chi connectivity index (χ3v) is 7.08. The number of rotatable bonds is 2. The van der Waals surface area contributed by atoms with Crippen LogP contribution in [0, 0.1) is 24.2 Å². The van der Waals surface area contributed by atoms with Gasteiger partial charge in [0.15, 0.2) is 0 Å². The van der Waals surface area contributed by atoms with Crippen molar-refractivity contribution in [3.05, 3.63) is 28.8 Å². The minimum absolute atomic E-state index is 0.177. The molecule has 4 fully saturated rings. The fourth-order valence-electron chi connectivity index (χ4n) is 5.39. The summed E-state index contributed by atoms with van der Waals surface area (Å²) in [6.45, 7) is 2.01. The lowest BCUT2D eigenvalue weighted by atomic mass is 9.49. The van der Waals surface area contributed by atoms with Crippen LogP contribution >= 0.6 is 27.5 Å². The first-order valence-electron chi connectivity index (χ1n) is 8.14. The Kier molecular flexibility index (Phi) is 3.40. The molecule has 5 rings (SSSR count). The van der Waals surface area contributed by atoms with Crippen LogP contribution in [0.3, 0.4) is 0 Å². The second kappa shape index (κ2) is 4.98. The third kappa shape index (κ3) is 2.41. The maximum Gasteiger partial charge on any atom is 0.230 e. The normalized spacial score (nSPS) is 39.0. The average Bonchev–Trinajstić information content (AvgIpc) is 2.39. The molecule has 2 nitrogen and oxygen atoms in total. The Hall–Kier alpha value is -0.540. The number of alkyl halides is 1. The molecule has 1 amide bonds. The van der Waals surface area contributed by atoms with Gasteiger partial charge in [0.1, 0.15) is 0 Å². The Morgan fingerprint density at radius 1 is 1.27 bits per heavy atom. The summed E-state index contributed by atoms with van der Waals surface area (Å²) >= 11 is 10.2. The van der Waals surface area contributed by atoms with Crippen LogP contribution in [0.25, 0.3) is 0 Å². The maximum atomic E-state index is 13.1.